The third-order valence-corrected chi connectivity index (χ3v) is 2.72. The molecule has 0 unspecified atom stereocenters. The third kappa shape index (κ3) is 6.20. The summed E-state index contributed by atoms with van der Waals surface area (Å²) in [6.07, 6.45) is 3.55. The Morgan fingerprint density at radius 3 is 2.94 bits per heavy atom. The van der Waals surface area contributed by atoms with Crippen LogP contribution in [0.4, 0.5) is 0 Å². The number of nitrogens with zero attached hydrogens (tertiary/aromatic N) is 1. The van der Waals surface area contributed by atoms with E-state index in [9.17, 15) is 0 Å². The SMILES string of the molecule is COCCCCCNCc1cccc(Br)n1. The van der Waals surface area contributed by atoms with Crippen LogP contribution >= 0.6 is 15.9 Å². The maximum Gasteiger partial charge on any atom is 0.106 e. The van der Waals surface area contributed by atoms with Crippen molar-refractivity contribution in [1.29, 1.82) is 0 Å². The molecule has 0 aliphatic rings. The molecule has 90 valence electrons. The standard InChI is InChI=1S/C12H19BrN2O/c1-16-9-4-2-3-8-14-10-11-6-5-7-12(13)15-11/h5-7,14H,2-4,8-10H2,1H3. The van der Waals surface area contributed by atoms with Gasteiger partial charge in [0.15, 0.2) is 0 Å². The van der Waals surface area contributed by atoms with Crippen molar-refractivity contribution >= 4 is 15.9 Å². The molecule has 3 nitrogen and oxygen atoms in total. The van der Waals surface area contributed by atoms with Crippen LogP contribution in [0.5, 0.6) is 0 Å². The molecule has 0 spiro atoms. The van der Waals surface area contributed by atoms with Crippen LogP contribution in [0.1, 0.15) is 25.0 Å². The Morgan fingerprint density at radius 1 is 1.31 bits per heavy atom. The molecule has 1 aromatic rings. The summed E-state index contributed by atoms with van der Waals surface area (Å²) in [7, 11) is 1.75. The topological polar surface area (TPSA) is 34.1 Å². The predicted molar refractivity (Wildman–Crippen MR) is 69.4 cm³/mol. The Morgan fingerprint density at radius 2 is 2.19 bits per heavy atom. The van der Waals surface area contributed by atoms with Crippen LogP contribution in [0.25, 0.3) is 0 Å². The Hall–Kier alpha value is -0.450. The minimum atomic E-state index is 0.837. The molecule has 0 fully saturated rings. The quantitative estimate of drug-likeness (QED) is 0.589. The number of methoxy groups -OCH3 is 1. The lowest BCUT2D eigenvalue weighted by Gasteiger charge is -2.04. The summed E-state index contributed by atoms with van der Waals surface area (Å²) in [5, 5.41) is 3.38. The number of nitrogens with one attached hydrogen (secondary N) is 1. The molecular weight excluding hydrogens is 268 g/mol. The zero-order valence-corrected chi connectivity index (χ0v) is 11.3. The number of aromatic nitrogens is 1. The van der Waals surface area contributed by atoms with E-state index in [1.54, 1.807) is 7.11 Å². The van der Waals surface area contributed by atoms with E-state index in [2.05, 4.69) is 26.2 Å². The first-order valence-electron chi connectivity index (χ1n) is 5.64. The molecule has 0 atom stereocenters. The average molecular weight is 287 g/mol. The van der Waals surface area contributed by atoms with Crippen molar-refractivity contribution in [1.82, 2.24) is 10.3 Å². The molecular formula is C12H19BrN2O. The molecule has 1 rings (SSSR count). The van der Waals surface area contributed by atoms with Crippen molar-refractivity contribution in [2.45, 2.75) is 25.8 Å². The van der Waals surface area contributed by atoms with E-state index in [1.165, 1.54) is 12.8 Å². The maximum absolute atomic E-state index is 5.00. The normalized spacial score (nSPS) is 10.6. The number of pyridine rings is 1. The zero-order valence-electron chi connectivity index (χ0n) is 9.71. The first-order chi connectivity index (χ1) is 7.83. The van der Waals surface area contributed by atoms with Gasteiger partial charge in [-0.05, 0) is 53.9 Å². The van der Waals surface area contributed by atoms with E-state index in [1.807, 2.05) is 18.2 Å². The molecule has 0 aromatic carbocycles. The highest BCUT2D eigenvalue weighted by Crippen LogP contribution is 2.05. The van der Waals surface area contributed by atoms with Gasteiger partial charge in [0.25, 0.3) is 0 Å². The van der Waals surface area contributed by atoms with E-state index in [4.69, 9.17) is 4.74 Å². The van der Waals surface area contributed by atoms with E-state index in [0.29, 0.717) is 0 Å². The number of ether oxygens (including phenoxy) is 1. The fourth-order valence-corrected chi connectivity index (χ4v) is 1.82. The number of unbranched alkanes of at least 4 members (excludes halogenated alkanes) is 2. The molecule has 1 N–H and O–H groups in total. The molecule has 4 heteroatoms. The van der Waals surface area contributed by atoms with Gasteiger partial charge in [-0.25, -0.2) is 4.98 Å². The van der Waals surface area contributed by atoms with E-state index < -0.39 is 0 Å². The molecule has 0 saturated heterocycles. The Labute approximate surface area is 106 Å². The minimum absolute atomic E-state index is 0.837. The number of rotatable bonds is 8. The second-order valence-corrected chi connectivity index (χ2v) is 4.49. The summed E-state index contributed by atoms with van der Waals surface area (Å²) < 4.78 is 5.89. The van der Waals surface area contributed by atoms with Crippen molar-refractivity contribution in [3.8, 4) is 0 Å². The van der Waals surface area contributed by atoms with Gasteiger partial charge in [0.05, 0.1) is 5.69 Å². The first kappa shape index (κ1) is 13.6. The Kier molecular flexibility index (Phi) is 7.38. The van der Waals surface area contributed by atoms with Crippen LogP contribution in [-0.2, 0) is 11.3 Å². The zero-order chi connectivity index (χ0) is 11.6. The van der Waals surface area contributed by atoms with Gasteiger partial charge in [-0.2, -0.15) is 0 Å². The monoisotopic (exact) mass is 286 g/mol. The lowest BCUT2D eigenvalue weighted by atomic mass is 10.2. The molecule has 0 amide bonds. The van der Waals surface area contributed by atoms with Crippen LogP contribution in [0.15, 0.2) is 22.8 Å². The third-order valence-electron chi connectivity index (χ3n) is 2.28. The van der Waals surface area contributed by atoms with Crippen LogP contribution < -0.4 is 5.32 Å². The maximum atomic E-state index is 5.00. The highest BCUT2D eigenvalue weighted by molar-refractivity contribution is 9.10. The van der Waals surface area contributed by atoms with Gasteiger partial charge in [-0.3, -0.25) is 0 Å². The molecule has 0 aliphatic carbocycles. The molecule has 1 aromatic heterocycles. The average Bonchev–Trinajstić information content (AvgIpc) is 2.28. The summed E-state index contributed by atoms with van der Waals surface area (Å²) in [6, 6.07) is 5.98. The van der Waals surface area contributed by atoms with E-state index in [0.717, 1.165) is 36.4 Å². The highest BCUT2D eigenvalue weighted by Gasteiger charge is 1.95. The highest BCUT2D eigenvalue weighted by atomic mass is 79.9. The molecule has 0 bridgehead atoms. The van der Waals surface area contributed by atoms with Crippen LogP contribution in [0.2, 0.25) is 0 Å². The Balaban J connectivity index is 2.03. The number of hydrogen-bond donors (Lipinski definition) is 1. The number of hydrogen-bond acceptors (Lipinski definition) is 3. The molecule has 0 radical (unpaired) electrons. The molecule has 0 saturated carbocycles. The van der Waals surface area contributed by atoms with Gasteiger partial charge in [-0.15, -0.1) is 0 Å². The van der Waals surface area contributed by atoms with Gasteiger partial charge < -0.3 is 10.1 Å². The second-order valence-electron chi connectivity index (χ2n) is 3.68. The smallest absolute Gasteiger partial charge is 0.106 e. The number of halogens is 1. The van der Waals surface area contributed by atoms with Gasteiger partial charge >= 0.3 is 0 Å². The van der Waals surface area contributed by atoms with Crippen LogP contribution in [-0.4, -0.2) is 25.2 Å². The summed E-state index contributed by atoms with van der Waals surface area (Å²) in [6.45, 7) is 2.74. The van der Waals surface area contributed by atoms with Crippen molar-refractivity contribution in [2.24, 2.45) is 0 Å². The molecule has 1 heterocycles. The predicted octanol–water partition coefficient (Wildman–Crippen LogP) is 2.75. The Bertz CT molecular complexity index is 294. The first-order valence-corrected chi connectivity index (χ1v) is 6.43. The lowest BCUT2D eigenvalue weighted by Crippen LogP contribution is -2.15. The van der Waals surface area contributed by atoms with Gasteiger partial charge in [0.2, 0.25) is 0 Å². The second kappa shape index (κ2) is 8.67. The largest absolute Gasteiger partial charge is 0.385 e. The lowest BCUT2D eigenvalue weighted by molar-refractivity contribution is 0.192. The minimum Gasteiger partial charge on any atom is -0.385 e. The van der Waals surface area contributed by atoms with Crippen molar-refractivity contribution in [3.63, 3.8) is 0 Å². The van der Waals surface area contributed by atoms with Crippen molar-refractivity contribution in [2.75, 3.05) is 20.3 Å². The van der Waals surface area contributed by atoms with Crippen LogP contribution in [0.3, 0.4) is 0 Å². The van der Waals surface area contributed by atoms with Crippen molar-refractivity contribution < 1.29 is 4.74 Å². The van der Waals surface area contributed by atoms with Gasteiger partial charge in [-0.1, -0.05) is 6.07 Å². The molecule has 16 heavy (non-hydrogen) atoms. The summed E-state index contributed by atoms with van der Waals surface area (Å²) in [5.74, 6) is 0. The van der Waals surface area contributed by atoms with Gasteiger partial charge in [0, 0.05) is 20.3 Å². The summed E-state index contributed by atoms with van der Waals surface area (Å²) in [5.41, 5.74) is 1.08. The van der Waals surface area contributed by atoms with E-state index in [-0.39, 0.29) is 0 Å². The van der Waals surface area contributed by atoms with Crippen LogP contribution in [0, 0.1) is 0 Å². The van der Waals surface area contributed by atoms with Crippen molar-refractivity contribution in [3.05, 3.63) is 28.5 Å². The fourth-order valence-electron chi connectivity index (χ4n) is 1.44. The fraction of sp³-hybridized carbons (Fsp3) is 0.583. The summed E-state index contributed by atoms with van der Waals surface area (Å²) in [4.78, 5) is 4.35. The summed E-state index contributed by atoms with van der Waals surface area (Å²) >= 11 is 3.36. The van der Waals surface area contributed by atoms with Gasteiger partial charge in [0.1, 0.15) is 4.60 Å². The van der Waals surface area contributed by atoms with E-state index >= 15 is 0 Å². The molecule has 0 aliphatic heterocycles.